The fourth-order valence-electron chi connectivity index (χ4n) is 3.82. The molecule has 1 atom stereocenters. The first kappa shape index (κ1) is 19.7. The number of benzene rings is 3. The van der Waals surface area contributed by atoms with Crippen molar-refractivity contribution in [3.63, 3.8) is 0 Å². The molecule has 0 aliphatic carbocycles. The highest BCUT2D eigenvalue weighted by Crippen LogP contribution is 2.49. The second-order valence-corrected chi connectivity index (χ2v) is 8.96. The minimum Gasteiger partial charge on any atom is -0.378 e. The van der Waals surface area contributed by atoms with Crippen molar-refractivity contribution in [2.45, 2.75) is 17.4 Å². The molecule has 4 nitrogen and oxygen atoms in total. The highest BCUT2D eigenvalue weighted by atomic mass is 32.2. The molecule has 0 radical (unpaired) electrons. The molecule has 1 aliphatic rings. The van der Waals surface area contributed by atoms with Crippen molar-refractivity contribution in [3.05, 3.63) is 89.0 Å². The fraction of sp³-hybridized carbons (Fsp3) is 0.250. The summed E-state index contributed by atoms with van der Waals surface area (Å²) >= 11 is -1.53. The predicted octanol–water partition coefficient (Wildman–Crippen LogP) is 4.47. The van der Waals surface area contributed by atoms with E-state index in [0.29, 0.717) is 0 Å². The molecule has 1 aliphatic heterocycles. The van der Waals surface area contributed by atoms with E-state index in [4.69, 9.17) is 4.18 Å². The highest BCUT2D eigenvalue weighted by Gasteiger charge is 2.47. The van der Waals surface area contributed by atoms with Crippen molar-refractivity contribution in [3.8, 4) is 0 Å². The molecule has 3 aromatic carbocycles. The smallest absolute Gasteiger partial charge is 0.191 e. The molecule has 0 saturated heterocycles. The third-order valence-corrected chi connectivity index (χ3v) is 6.58. The molecule has 0 fully saturated rings. The first-order chi connectivity index (χ1) is 13.8. The molecule has 1 unspecified atom stereocenters. The van der Waals surface area contributed by atoms with Gasteiger partial charge in [0.1, 0.15) is 0 Å². The second-order valence-electron chi connectivity index (χ2n) is 7.88. The fourth-order valence-corrected chi connectivity index (χ4v) is 5.10. The van der Waals surface area contributed by atoms with Gasteiger partial charge in [-0.3, -0.25) is 4.18 Å². The molecular formula is C24H26N2O2S. The summed E-state index contributed by atoms with van der Waals surface area (Å²) in [6.07, 6.45) is 0. The zero-order chi connectivity index (χ0) is 20.8. The van der Waals surface area contributed by atoms with Crippen LogP contribution < -0.4 is 9.80 Å². The summed E-state index contributed by atoms with van der Waals surface area (Å²) < 4.78 is 19.3. The average Bonchev–Trinajstić information content (AvgIpc) is 3.01. The SMILES string of the molecule is Cc1ccc2c(c1)S(=O)OC2(c1ccc(N(C)C)cc1)c1ccc(N(C)C)cc1. The molecule has 0 spiro atoms. The van der Waals surface area contributed by atoms with Crippen molar-refractivity contribution in [2.24, 2.45) is 0 Å². The van der Waals surface area contributed by atoms with Gasteiger partial charge in [0.25, 0.3) is 0 Å². The number of nitrogens with zero attached hydrogens (tertiary/aromatic N) is 2. The molecule has 29 heavy (non-hydrogen) atoms. The monoisotopic (exact) mass is 406 g/mol. The first-order valence-electron chi connectivity index (χ1n) is 9.61. The molecular weight excluding hydrogens is 380 g/mol. The Labute approximate surface area is 175 Å². The van der Waals surface area contributed by atoms with E-state index in [2.05, 4.69) is 70.5 Å². The van der Waals surface area contributed by atoms with Gasteiger partial charge in [0, 0.05) is 45.1 Å². The maximum Gasteiger partial charge on any atom is 0.191 e. The van der Waals surface area contributed by atoms with Gasteiger partial charge < -0.3 is 9.80 Å². The molecule has 0 amide bonds. The van der Waals surface area contributed by atoms with Gasteiger partial charge >= 0.3 is 0 Å². The van der Waals surface area contributed by atoms with E-state index in [1.807, 2.05) is 41.2 Å². The average molecular weight is 407 g/mol. The van der Waals surface area contributed by atoms with E-state index in [-0.39, 0.29) is 0 Å². The Balaban J connectivity index is 1.95. The van der Waals surface area contributed by atoms with Gasteiger partial charge in [0.15, 0.2) is 16.7 Å². The maximum atomic E-state index is 13.0. The molecule has 0 bridgehead atoms. The van der Waals surface area contributed by atoms with E-state index in [0.717, 1.165) is 38.5 Å². The van der Waals surface area contributed by atoms with Crippen LogP contribution in [0.15, 0.2) is 71.6 Å². The summed E-state index contributed by atoms with van der Waals surface area (Å²) in [6.45, 7) is 2.01. The first-order valence-corrected chi connectivity index (χ1v) is 10.7. The molecule has 3 aromatic rings. The van der Waals surface area contributed by atoms with Crippen LogP contribution in [0.2, 0.25) is 0 Å². The molecule has 0 N–H and O–H groups in total. The van der Waals surface area contributed by atoms with Crippen molar-refractivity contribution in [1.29, 1.82) is 0 Å². The summed E-state index contributed by atoms with van der Waals surface area (Å²) in [5, 5.41) is 0. The van der Waals surface area contributed by atoms with E-state index in [1.54, 1.807) is 0 Å². The number of anilines is 2. The minimum atomic E-state index is -1.53. The summed E-state index contributed by atoms with van der Waals surface area (Å²) in [5.41, 5.74) is 5.27. The second kappa shape index (κ2) is 7.32. The van der Waals surface area contributed by atoms with Gasteiger partial charge in [-0.15, -0.1) is 0 Å². The minimum absolute atomic E-state index is 0.748. The summed E-state index contributed by atoms with van der Waals surface area (Å²) in [7, 11) is 8.07. The highest BCUT2D eigenvalue weighted by molar-refractivity contribution is 7.80. The molecule has 0 saturated carbocycles. The van der Waals surface area contributed by atoms with E-state index < -0.39 is 16.7 Å². The Morgan fingerprint density at radius 2 is 1.24 bits per heavy atom. The summed E-state index contributed by atoms with van der Waals surface area (Å²) in [4.78, 5) is 4.87. The van der Waals surface area contributed by atoms with Crippen LogP contribution in [0.3, 0.4) is 0 Å². The van der Waals surface area contributed by atoms with Gasteiger partial charge in [-0.1, -0.05) is 36.4 Å². The van der Waals surface area contributed by atoms with Crippen LogP contribution in [0.4, 0.5) is 11.4 Å². The third kappa shape index (κ3) is 3.24. The summed E-state index contributed by atoms with van der Waals surface area (Å²) in [5.74, 6) is 0. The van der Waals surface area contributed by atoms with Gasteiger partial charge in [0.05, 0.1) is 4.90 Å². The quantitative estimate of drug-likeness (QED) is 0.640. The van der Waals surface area contributed by atoms with Crippen LogP contribution in [0.25, 0.3) is 0 Å². The number of fused-ring (bicyclic) bond motifs is 1. The topological polar surface area (TPSA) is 32.8 Å². The van der Waals surface area contributed by atoms with Gasteiger partial charge in [0.2, 0.25) is 0 Å². The van der Waals surface area contributed by atoms with Gasteiger partial charge in [-0.05, 0) is 53.9 Å². The van der Waals surface area contributed by atoms with Crippen molar-refractivity contribution >= 4 is 22.5 Å². The Bertz CT molecular complexity index is 1010. The Hall–Kier alpha value is -2.63. The molecule has 5 heteroatoms. The molecule has 0 aromatic heterocycles. The van der Waals surface area contributed by atoms with Crippen molar-refractivity contribution < 1.29 is 8.39 Å². The van der Waals surface area contributed by atoms with Crippen molar-refractivity contribution in [2.75, 3.05) is 38.0 Å². The lowest BCUT2D eigenvalue weighted by Gasteiger charge is -2.30. The number of hydrogen-bond donors (Lipinski definition) is 0. The molecule has 1 heterocycles. The van der Waals surface area contributed by atoms with Crippen molar-refractivity contribution in [1.82, 2.24) is 0 Å². The van der Waals surface area contributed by atoms with E-state index in [9.17, 15) is 4.21 Å². The number of hydrogen-bond acceptors (Lipinski definition) is 4. The largest absolute Gasteiger partial charge is 0.378 e. The van der Waals surface area contributed by atoms with Crippen LogP contribution in [0, 0.1) is 6.92 Å². The van der Waals surface area contributed by atoms with E-state index in [1.165, 1.54) is 0 Å². The third-order valence-electron chi connectivity index (χ3n) is 5.48. The molecule has 150 valence electrons. The van der Waals surface area contributed by atoms with Crippen LogP contribution in [-0.2, 0) is 20.9 Å². The zero-order valence-corrected chi connectivity index (χ0v) is 18.3. The Kier molecular flexibility index (Phi) is 4.97. The van der Waals surface area contributed by atoms with Crippen LogP contribution in [0.1, 0.15) is 22.3 Å². The number of aryl methyl sites for hydroxylation is 1. The standard InChI is InChI=1S/C24H26N2O2S/c1-17-6-15-22-23(16-17)29(27)28-24(22,18-7-11-20(12-8-18)25(2)3)19-9-13-21(14-10-19)26(4)5/h6-16H,1-5H3. The van der Waals surface area contributed by atoms with Gasteiger partial charge in [-0.2, -0.15) is 0 Å². The van der Waals surface area contributed by atoms with Gasteiger partial charge in [-0.25, -0.2) is 4.21 Å². The normalized spacial score (nSPS) is 17.1. The van der Waals surface area contributed by atoms with Crippen LogP contribution in [0.5, 0.6) is 0 Å². The lowest BCUT2D eigenvalue weighted by Crippen LogP contribution is -2.29. The van der Waals surface area contributed by atoms with E-state index >= 15 is 0 Å². The Morgan fingerprint density at radius 1 is 0.759 bits per heavy atom. The van der Waals surface area contributed by atoms with Crippen LogP contribution in [-0.4, -0.2) is 32.4 Å². The zero-order valence-electron chi connectivity index (χ0n) is 17.5. The Morgan fingerprint density at radius 3 is 1.69 bits per heavy atom. The maximum absolute atomic E-state index is 13.0. The lowest BCUT2D eigenvalue weighted by molar-refractivity contribution is 0.193. The lowest BCUT2D eigenvalue weighted by atomic mass is 9.80. The predicted molar refractivity (Wildman–Crippen MR) is 120 cm³/mol. The summed E-state index contributed by atoms with van der Waals surface area (Å²) in [6, 6.07) is 22.7. The number of rotatable bonds is 4. The molecule has 4 rings (SSSR count). The van der Waals surface area contributed by atoms with Crippen LogP contribution >= 0.6 is 0 Å².